The van der Waals surface area contributed by atoms with Crippen molar-refractivity contribution in [3.8, 4) is 11.5 Å². The fraction of sp³-hybridized carbons (Fsp3) is 0.414. The molecule has 4 rings (SSSR count). The molecule has 0 amide bonds. The molecule has 2 aromatic rings. The Morgan fingerprint density at radius 3 is 2.08 bits per heavy atom. The highest BCUT2D eigenvalue weighted by Crippen LogP contribution is 2.27. The number of benzene rings is 2. The lowest BCUT2D eigenvalue weighted by molar-refractivity contribution is -0.143. The number of ether oxygens (including phenoxy) is 4. The Hall–Kier alpha value is -3.28. The van der Waals surface area contributed by atoms with Crippen LogP contribution in [0.15, 0.2) is 42.5 Å². The molecule has 0 aliphatic carbocycles. The molecule has 2 N–H and O–H groups in total. The first-order valence-corrected chi connectivity index (χ1v) is 15.0. The van der Waals surface area contributed by atoms with Gasteiger partial charge in [0.25, 0.3) is 5.97 Å². The van der Waals surface area contributed by atoms with Crippen LogP contribution in [0.1, 0.15) is 56.9 Å². The molecule has 0 bridgehead atoms. The molecule has 9 nitrogen and oxygen atoms in total. The molecule has 2 heterocycles. The van der Waals surface area contributed by atoms with E-state index in [2.05, 4.69) is 15.0 Å². The normalized spacial score (nSPS) is 11.8. The predicted molar refractivity (Wildman–Crippen MR) is 161 cm³/mol. The molecule has 1 unspecified atom stereocenters. The van der Waals surface area contributed by atoms with Gasteiger partial charge >= 0.3 is 11.9 Å². The molecule has 0 fully saturated rings. The second-order valence-electron chi connectivity index (χ2n) is 8.04. The van der Waals surface area contributed by atoms with Crippen molar-refractivity contribution in [2.45, 2.75) is 53.9 Å². The van der Waals surface area contributed by atoms with Crippen LogP contribution in [0.2, 0.25) is 0 Å². The first-order valence-electron chi connectivity index (χ1n) is 12.5. The Kier molecular flexibility index (Phi) is 19.8. The minimum absolute atomic E-state index is 0. The van der Waals surface area contributed by atoms with Crippen molar-refractivity contribution in [2.75, 3.05) is 26.4 Å². The molecule has 2 aliphatic heterocycles. The summed E-state index contributed by atoms with van der Waals surface area (Å²) in [5.74, 6) is 0.673. The number of aliphatic carboxylic acids is 1. The minimum Gasteiger partial charge on any atom is -0.493 e. The lowest BCUT2D eigenvalue weighted by Gasteiger charge is -2.04. The zero-order valence-electron chi connectivity index (χ0n) is 22.6. The number of carbonyl (C=O) groups excluding carboxylic acids is 2. The van der Waals surface area contributed by atoms with Crippen LogP contribution < -0.4 is 9.47 Å². The SMILES string of the molecule is C.CC(=O)O.CCOC(=O)/C=C/c1ccc2c(c1)CCO2.CCOC(=O)CCc1ccc2c(c1)CCO2.N=PP. The van der Waals surface area contributed by atoms with Crippen LogP contribution in [0.5, 0.6) is 11.5 Å². The topological polar surface area (TPSA) is 132 Å². The van der Waals surface area contributed by atoms with Crippen LogP contribution in [0.3, 0.4) is 0 Å². The summed E-state index contributed by atoms with van der Waals surface area (Å²) in [5.41, 5.74) is 4.63. The van der Waals surface area contributed by atoms with Gasteiger partial charge in [0.2, 0.25) is 0 Å². The third-order valence-corrected chi connectivity index (χ3v) is 5.09. The molecule has 40 heavy (non-hydrogen) atoms. The van der Waals surface area contributed by atoms with Crippen molar-refractivity contribution in [3.63, 3.8) is 0 Å². The van der Waals surface area contributed by atoms with Crippen LogP contribution in [0, 0.1) is 5.16 Å². The Bertz CT molecular complexity index is 1120. The van der Waals surface area contributed by atoms with Gasteiger partial charge in [-0.05, 0) is 66.8 Å². The molecule has 1 atom stereocenters. The monoisotopic (exact) mass is 593 g/mol. The highest BCUT2D eigenvalue weighted by atomic mass is 32.0. The molecule has 0 saturated carbocycles. The molecule has 0 spiro atoms. The summed E-state index contributed by atoms with van der Waals surface area (Å²) >= 11 is 0. The quantitative estimate of drug-likeness (QED) is 0.211. The van der Waals surface area contributed by atoms with E-state index in [4.69, 9.17) is 34.0 Å². The van der Waals surface area contributed by atoms with Crippen LogP contribution in [0.25, 0.3) is 6.08 Å². The van der Waals surface area contributed by atoms with Crippen molar-refractivity contribution in [1.82, 2.24) is 0 Å². The Morgan fingerprint density at radius 1 is 1.00 bits per heavy atom. The Balaban J connectivity index is 0.000000606. The standard InChI is InChI=1S/C13H16O3.C13H14O3.C2H4O2.CH4.H3NP2/c2*1-2-15-13(14)6-4-10-3-5-12-11(9-10)7-8-16-12;1-2(3)4;;1-3-2/h3,5,9H,2,4,6-8H2,1H3;3-6,9H,2,7-8H2,1H3;1H3,(H,3,4);1H4;1H,2H2/b;6-4+;;;. The highest BCUT2D eigenvalue weighted by molar-refractivity contribution is 7.96. The summed E-state index contributed by atoms with van der Waals surface area (Å²) < 4.78 is 20.5. The lowest BCUT2D eigenvalue weighted by atomic mass is 10.1. The van der Waals surface area contributed by atoms with Gasteiger partial charge in [0.1, 0.15) is 11.5 Å². The Morgan fingerprint density at radius 2 is 1.52 bits per heavy atom. The molecular weight excluding hydrogens is 552 g/mol. The van der Waals surface area contributed by atoms with Gasteiger partial charge in [-0.15, -0.1) is 0 Å². The van der Waals surface area contributed by atoms with Gasteiger partial charge in [-0.1, -0.05) is 34.6 Å². The highest BCUT2D eigenvalue weighted by Gasteiger charge is 2.13. The van der Waals surface area contributed by atoms with E-state index < -0.39 is 5.97 Å². The molecular formula is C29H41NO8P2. The summed E-state index contributed by atoms with van der Waals surface area (Å²) in [7, 11) is 2.80. The fourth-order valence-corrected chi connectivity index (χ4v) is 3.54. The van der Waals surface area contributed by atoms with Crippen LogP contribution in [-0.4, -0.2) is 49.4 Å². The second-order valence-corrected chi connectivity index (χ2v) is 9.08. The summed E-state index contributed by atoms with van der Waals surface area (Å²) in [4.78, 5) is 31.3. The van der Waals surface area contributed by atoms with E-state index in [0.29, 0.717) is 27.7 Å². The minimum atomic E-state index is -0.833. The predicted octanol–water partition coefficient (Wildman–Crippen LogP) is 6.53. The van der Waals surface area contributed by atoms with Crippen LogP contribution >= 0.6 is 17.0 Å². The summed E-state index contributed by atoms with van der Waals surface area (Å²) in [6.45, 7) is 7.08. The first-order chi connectivity index (χ1) is 18.7. The second kappa shape index (κ2) is 21.5. The number of esters is 2. The maximum Gasteiger partial charge on any atom is 0.330 e. The van der Waals surface area contributed by atoms with E-state index in [0.717, 1.165) is 56.5 Å². The third kappa shape index (κ3) is 15.3. The summed E-state index contributed by atoms with van der Waals surface area (Å²) in [5, 5.41) is 13.6. The van der Waals surface area contributed by atoms with E-state index in [1.54, 1.807) is 13.0 Å². The van der Waals surface area contributed by atoms with Crippen molar-refractivity contribution >= 4 is 41.0 Å². The van der Waals surface area contributed by atoms with Crippen molar-refractivity contribution in [2.24, 2.45) is 0 Å². The molecule has 0 saturated heterocycles. The number of carboxylic acids is 1. The molecule has 11 heteroatoms. The van der Waals surface area contributed by atoms with Gasteiger partial charge in [-0.3, -0.25) is 14.8 Å². The van der Waals surface area contributed by atoms with Gasteiger partial charge in [-0.2, -0.15) is 0 Å². The van der Waals surface area contributed by atoms with Crippen LogP contribution in [-0.2, 0) is 43.1 Å². The smallest absolute Gasteiger partial charge is 0.330 e. The molecule has 0 aromatic heterocycles. The zero-order valence-corrected chi connectivity index (χ0v) is 24.7. The van der Waals surface area contributed by atoms with Crippen molar-refractivity contribution in [3.05, 3.63) is 64.7 Å². The van der Waals surface area contributed by atoms with Crippen LogP contribution in [0.4, 0.5) is 0 Å². The van der Waals surface area contributed by atoms with Gasteiger partial charge in [0, 0.05) is 40.3 Å². The van der Waals surface area contributed by atoms with Crippen molar-refractivity contribution in [1.29, 1.82) is 5.16 Å². The van der Waals surface area contributed by atoms with E-state index in [-0.39, 0.29) is 19.4 Å². The largest absolute Gasteiger partial charge is 0.493 e. The number of fused-ring (bicyclic) bond motifs is 2. The zero-order chi connectivity index (χ0) is 29.0. The first kappa shape index (κ1) is 36.7. The fourth-order valence-electron chi connectivity index (χ4n) is 3.54. The number of carbonyl (C=O) groups is 3. The maximum atomic E-state index is 11.2. The van der Waals surface area contributed by atoms with Gasteiger partial charge in [0.05, 0.1) is 26.4 Å². The van der Waals surface area contributed by atoms with E-state index in [1.807, 2.05) is 37.3 Å². The number of aryl methyl sites for hydroxylation is 1. The Labute approximate surface area is 241 Å². The molecule has 2 aromatic carbocycles. The lowest BCUT2D eigenvalue weighted by Crippen LogP contribution is -2.05. The molecule has 220 valence electrons. The summed E-state index contributed by atoms with van der Waals surface area (Å²) in [6.07, 6.45) is 6.32. The third-order valence-electron chi connectivity index (χ3n) is 5.09. The van der Waals surface area contributed by atoms with Gasteiger partial charge < -0.3 is 24.1 Å². The van der Waals surface area contributed by atoms with E-state index >= 15 is 0 Å². The number of carboxylic acid groups (broad SMARTS) is 1. The number of nitrogens with one attached hydrogen (secondary N) is 1. The number of rotatable bonds is 7. The molecule has 0 radical (unpaired) electrons. The number of hydrogen-bond donors (Lipinski definition) is 2. The van der Waals surface area contributed by atoms with E-state index in [9.17, 15) is 9.59 Å². The van der Waals surface area contributed by atoms with Gasteiger partial charge in [0.15, 0.2) is 0 Å². The summed E-state index contributed by atoms with van der Waals surface area (Å²) in [6, 6.07) is 12.0. The van der Waals surface area contributed by atoms with E-state index in [1.165, 1.54) is 22.8 Å². The average Bonchev–Trinajstić information content (AvgIpc) is 3.56. The van der Waals surface area contributed by atoms with Crippen molar-refractivity contribution < 1.29 is 38.4 Å². The number of hydrogen-bond acceptors (Lipinski definition) is 8. The average molecular weight is 594 g/mol. The maximum absolute atomic E-state index is 11.2. The van der Waals surface area contributed by atoms with Gasteiger partial charge in [-0.25, -0.2) is 4.79 Å². The molecule has 2 aliphatic rings.